The van der Waals surface area contributed by atoms with Crippen molar-refractivity contribution in [2.75, 3.05) is 6.54 Å². The number of thiazole rings is 1. The SMILES string of the molecule is CCCNC(Cc1nc(C)cs1)CC1CCCC1. The average Bonchev–Trinajstić information content (AvgIpc) is 2.98. The fourth-order valence-electron chi connectivity index (χ4n) is 2.94. The van der Waals surface area contributed by atoms with Crippen molar-refractivity contribution >= 4 is 11.3 Å². The van der Waals surface area contributed by atoms with Gasteiger partial charge in [-0.3, -0.25) is 0 Å². The molecule has 0 bridgehead atoms. The average molecular weight is 266 g/mol. The van der Waals surface area contributed by atoms with Crippen LogP contribution >= 0.6 is 11.3 Å². The Labute approximate surface area is 115 Å². The summed E-state index contributed by atoms with van der Waals surface area (Å²) in [7, 11) is 0. The zero-order valence-corrected chi connectivity index (χ0v) is 12.6. The molecular formula is C15H26N2S. The van der Waals surface area contributed by atoms with Crippen molar-refractivity contribution in [2.45, 2.75) is 64.8 Å². The molecule has 1 saturated carbocycles. The summed E-state index contributed by atoms with van der Waals surface area (Å²) in [6.45, 7) is 5.47. The third-order valence-electron chi connectivity index (χ3n) is 3.86. The van der Waals surface area contributed by atoms with Gasteiger partial charge in [-0.1, -0.05) is 32.6 Å². The summed E-state index contributed by atoms with van der Waals surface area (Å²) < 4.78 is 0. The van der Waals surface area contributed by atoms with Crippen LogP contribution in [0, 0.1) is 12.8 Å². The van der Waals surface area contributed by atoms with E-state index >= 15 is 0 Å². The Kier molecular flexibility index (Phi) is 5.64. The highest BCUT2D eigenvalue weighted by Gasteiger charge is 2.20. The molecular weight excluding hydrogens is 240 g/mol. The van der Waals surface area contributed by atoms with E-state index in [4.69, 9.17) is 0 Å². The summed E-state index contributed by atoms with van der Waals surface area (Å²) in [5.74, 6) is 0.959. The molecule has 0 aromatic carbocycles. The summed E-state index contributed by atoms with van der Waals surface area (Å²) in [4.78, 5) is 4.61. The fraction of sp³-hybridized carbons (Fsp3) is 0.800. The van der Waals surface area contributed by atoms with Crippen LogP contribution in [0.3, 0.4) is 0 Å². The minimum absolute atomic E-state index is 0.638. The Morgan fingerprint density at radius 3 is 2.83 bits per heavy atom. The summed E-state index contributed by atoms with van der Waals surface area (Å²) in [5, 5.41) is 7.19. The van der Waals surface area contributed by atoms with Crippen molar-refractivity contribution in [1.29, 1.82) is 0 Å². The van der Waals surface area contributed by atoms with Crippen LogP contribution in [0.5, 0.6) is 0 Å². The van der Waals surface area contributed by atoms with Crippen molar-refractivity contribution in [1.82, 2.24) is 10.3 Å². The largest absolute Gasteiger partial charge is 0.314 e. The minimum Gasteiger partial charge on any atom is -0.314 e. The number of aryl methyl sites for hydroxylation is 1. The first kappa shape index (κ1) is 14.0. The Hall–Kier alpha value is -0.410. The van der Waals surface area contributed by atoms with Crippen LogP contribution in [0.4, 0.5) is 0 Å². The van der Waals surface area contributed by atoms with Crippen LogP contribution in [0.1, 0.15) is 56.2 Å². The highest BCUT2D eigenvalue weighted by atomic mass is 32.1. The second kappa shape index (κ2) is 7.25. The number of nitrogens with one attached hydrogen (secondary N) is 1. The van der Waals surface area contributed by atoms with E-state index in [1.807, 2.05) is 11.3 Å². The molecule has 1 unspecified atom stereocenters. The summed E-state index contributed by atoms with van der Waals surface area (Å²) in [6, 6.07) is 0.638. The molecule has 0 amide bonds. The second-order valence-corrected chi connectivity index (χ2v) is 6.57. The molecule has 1 N–H and O–H groups in total. The van der Waals surface area contributed by atoms with E-state index < -0.39 is 0 Å². The van der Waals surface area contributed by atoms with Crippen LogP contribution < -0.4 is 5.32 Å². The van der Waals surface area contributed by atoms with E-state index in [2.05, 4.69) is 29.5 Å². The zero-order valence-electron chi connectivity index (χ0n) is 11.7. The van der Waals surface area contributed by atoms with Gasteiger partial charge in [0.1, 0.15) is 0 Å². The van der Waals surface area contributed by atoms with Crippen molar-refractivity contribution in [3.8, 4) is 0 Å². The lowest BCUT2D eigenvalue weighted by Gasteiger charge is -2.21. The first-order valence-electron chi connectivity index (χ1n) is 7.42. The summed E-state index contributed by atoms with van der Waals surface area (Å²) in [5.41, 5.74) is 1.17. The molecule has 1 heterocycles. The Morgan fingerprint density at radius 2 is 2.22 bits per heavy atom. The van der Waals surface area contributed by atoms with Crippen molar-refractivity contribution in [3.63, 3.8) is 0 Å². The minimum atomic E-state index is 0.638. The molecule has 102 valence electrons. The first-order valence-corrected chi connectivity index (χ1v) is 8.30. The van der Waals surface area contributed by atoms with Crippen LogP contribution in [0.15, 0.2) is 5.38 Å². The van der Waals surface area contributed by atoms with Gasteiger partial charge in [-0.15, -0.1) is 11.3 Å². The molecule has 1 aliphatic rings. The molecule has 1 atom stereocenters. The van der Waals surface area contributed by atoms with Gasteiger partial charge in [0.15, 0.2) is 0 Å². The molecule has 1 fully saturated rings. The standard InChI is InChI=1S/C15H26N2S/c1-3-8-16-14(9-13-6-4-5-7-13)10-15-17-12(2)11-18-15/h11,13-14,16H,3-10H2,1-2H3. The van der Waals surface area contributed by atoms with Crippen LogP contribution in [-0.2, 0) is 6.42 Å². The van der Waals surface area contributed by atoms with Gasteiger partial charge in [0.2, 0.25) is 0 Å². The lowest BCUT2D eigenvalue weighted by atomic mass is 9.96. The maximum atomic E-state index is 4.61. The Balaban J connectivity index is 1.86. The predicted molar refractivity (Wildman–Crippen MR) is 79.2 cm³/mol. The summed E-state index contributed by atoms with van der Waals surface area (Å²) in [6.07, 6.45) is 9.47. The van der Waals surface area contributed by atoms with Gasteiger partial charge in [-0.25, -0.2) is 4.98 Å². The molecule has 0 aliphatic heterocycles. The van der Waals surface area contributed by atoms with Gasteiger partial charge in [-0.05, 0) is 32.2 Å². The van der Waals surface area contributed by atoms with Gasteiger partial charge in [0.05, 0.1) is 5.01 Å². The highest BCUT2D eigenvalue weighted by Crippen LogP contribution is 2.29. The Bertz CT molecular complexity index is 342. The normalized spacial score (nSPS) is 18.3. The van der Waals surface area contributed by atoms with Gasteiger partial charge in [-0.2, -0.15) is 0 Å². The van der Waals surface area contributed by atoms with Crippen LogP contribution in [0.2, 0.25) is 0 Å². The lowest BCUT2D eigenvalue weighted by molar-refractivity contribution is 0.384. The van der Waals surface area contributed by atoms with Crippen LogP contribution in [-0.4, -0.2) is 17.6 Å². The van der Waals surface area contributed by atoms with E-state index in [9.17, 15) is 0 Å². The molecule has 2 nitrogen and oxygen atoms in total. The van der Waals surface area contributed by atoms with Gasteiger partial charge in [0, 0.05) is 23.5 Å². The monoisotopic (exact) mass is 266 g/mol. The maximum Gasteiger partial charge on any atom is 0.0943 e. The van der Waals surface area contributed by atoms with E-state index in [0.29, 0.717) is 6.04 Å². The molecule has 3 heteroatoms. The molecule has 1 aromatic rings. The van der Waals surface area contributed by atoms with Crippen molar-refractivity contribution in [2.24, 2.45) is 5.92 Å². The summed E-state index contributed by atoms with van der Waals surface area (Å²) >= 11 is 1.82. The number of aromatic nitrogens is 1. The quantitative estimate of drug-likeness (QED) is 0.808. The molecule has 0 spiro atoms. The van der Waals surface area contributed by atoms with E-state index in [-0.39, 0.29) is 0 Å². The van der Waals surface area contributed by atoms with Gasteiger partial charge < -0.3 is 5.32 Å². The predicted octanol–water partition coefficient (Wildman–Crippen LogP) is 3.94. The Morgan fingerprint density at radius 1 is 1.44 bits per heavy atom. The zero-order chi connectivity index (χ0) is 12.8. The first-order chi connectivity index (χ1) is 8.78. The van der Waals surface area contributed by atoms with E-state index in [1.54, 1.807) is 0 Å². The molecule has 0 radical (unpaired) electrons. The van der Waals surface area contributed by atoms with Crippen molar-refractivity contribution in [3.05, 3.63) is 16.1 Å². The smallest absolute Gasteiger partial charge is 0.0943 e. The fourth-order valence-corrected chi connectivity index (χ4v) is 3.80. The second-order valence-electron chi connectivity index (χ2n) is 5.62. The lowest BCUT2D eigenvalue weighted by Crippen LogP contribution is -2.33. The molecule has 18 heavy (non-hydrogen) atoms. The van der Waals surface area contributed by atoms with Gasteiger partial charge in [0.25, 0.3) is 0 Å². The van der Waals surface area contributed by atoms with E-state index in [0.717, 1.165) is 18.9 Å². The highest BCUT2D eigenvalue weighted by molar-refractivity contribution is 7.09. The third kappa shape index (κ3) is 4.36. The maximum absolute atomic E-state index is 4.61. The molecule has 1 aliphatic carbocycles. The van der Waals surface area contributed by atoms with Crippen molar-refractivity contribution < 1.29 is 0 Å². The van der Waals surface area contributed by atoms with E-state index in [1.165, 1.54) is 49.2 Å². The molecule has 2 rings (SSSR count). The number of hydrogen-bond acceptors (Lipinski definition) is 3. The topological polar surface area (TPSA) is 24.9 Å². The third-order valence-corrected chi connectivity index (χ3v) is 4.85. The van der Waals surface area contributed by atoms with Gasteiger partial charge >= 0.3 is 0 Å². The number of hydrogen-bond donors (Lipinski definition) is 1. The molecule has 1 aromatic heterocycles. The van der Waals surface area contributed by atoms with Crippen LogP contribution in [0.25, 0.3) is 0 Å². The molecule has 0 saturated heterocycles. The number of nitrogens with zero attached hydrogens (tertiary/aromatic N) is 1. The number of rotatable bonds is 7.